The minimum Gasteiger partial charge on any atom is -0.444 e. The number of alkyl carbamates (subject to hydrolysis) is 1. The highest BCUT2D eigenvalue weighted by Crippen LogP contribution is 2.30. The van der Waals surface area contributed by atoms with E-state index in [0.29, 0.717) is 12.1 Å². The summed E-state index contributed by atoms with van der Waals surface area (Å²) in [6.45, 7) is 7.24. The van der Waals surface area contributed by atoms with Gasteiger partial charge in [-0.25, -0.2) is 4.79 Å². The topological polar surface area (TPSA) is 61.9 Å². The van der Waals surface area contributed by atoms with Crippen molar-refractivity contribution in [3.63, 3.8) is 0 Å². The number of nitrogens with one attached hydrogen (secondary N) is 1. The summed E-state index contributed by atoms with van der Waals surface area (Å²) in [4.78, 5) is 28.0. The second-order valence-corrected chi connectivity index (χ2v) is 6.64. The molecule has 2 saturated heterocycles. The molecule has 2 aliphatic heterocycles. The molecule has 2 amide bonds. The Bertz CT molecular complexity index is 392. The number of rotatable bonds is 2. The fraction of sp³-hybridized carbons (Fsp3) is 0.857. The molecule has 0 bridgehead atoms. The van der Waals surface area contributed by atoms with Crippen LogP contribution in [0.4, 0.5) is 4.79 Å². The zero-order valence-electron chi connectivity index (χ0n) is 12.8. The normalized spacial score (nSPS) is 26.5. The van der Waals surface area contributed by atoms with Crippen molar-refractivity contribution >= 4 is 12.0 Å². The summed E-state index contributed by atoms with van der Waals surface area (Å²) in [5, 5.41) is 2.54. The zero-order valence-corrected chi connectivity index (χ0v) is 12.8. The molecule has 2 fully saturated rings. The molecule has 114 valence electrons. The molecule has 2 unspecified atom stereocenters. The van der Waals surface area contributed by atoms with Crippen LogP contribution < -0.4 is 5.32 Å². The highest BCUT2D eigenvalue weighted by Gasteiger charge is 2.42. The van der Waals surface area contributed by atoms with Gasteiger partial charge in [0.1, 0.15) is 12.1 Å². The Morgan fingerprint density at radius 2 is 1.85 bits per heavy atom. The smallest absolute Gasteiger partial charge is 0.408 e. The lowest BCUT2D eigenvalue weighted by atomic mass is 10.1. The average molecular weight is 283 g/mol. The first-order chi connectivity index (χ1) is 9.28. The Kier molecular flexibility index (Phi) is 4.22. The van der Waals surface area contributed by atoms with Crippen LogP contribution in [-0.4, -0.2) is 66.2 Å². The van der Waals surface area contributed by atoms with Gasteiger partial charge < -0.3 is 19.9 Å². The molecule has 20 heavy (non-hydrogen) atoms. The number of hydrogen-bond acceptors (Lipinski definition) is 4. The molecular weight excluding hydrogens is 258 g/mol. The van der Waals surface area contributed by atoms with E-state index in [1.54, 1.807) is 20.8 Å². The van der Waals surface area contributed by atoms with Crippen LogP contribution in [0.3, 0.4) is 0 Å². The summed E-state index contributed by atoms with van der Waals surface area (Å²) in [6.07, 6.45) is 1.52. The number of carbonyl (C=O) groups is 2. The number of nitrogens with zero attached hydrogens (tertiary/aromatic N) is 2. The third-order valence-corrected chi connectivity index (χ3v) is 3.96. The standard InChI is InChI=1S/C14H25N3O3/c1-14(2,3)20-13(19)15-9-12(18)17-8-6-10-11(17)5-7-16(10)4/h10-11H,5-9H2,1-4H3,(H,15,19). The van der Waals surface area contributed by atoms with Crippen LogP contribution in [0.5, 0.6) is 0 Å². The van der Waals surface area contributed by atoms with Gasteiger partial charge in [0.05, 0.1) is 0 Å². The summed E-state index contributed by atoms with van der Waals surface area (Å²) in [6, 6.07) is 0.799. The lowest BCUT2D eigenvalue weighted by Crippen LogP contribution is -2.45. The highest BCUT2D eigenvalue weighted by atomic mass is 16.6. The number of likely N-dealkylation sites (tertiary alicyclic amines) is 2. The van der Waals surface area contributed by atoms with Gasteiger partial charge in [-0.3, -0.25) is 4.79 Å². The Morgan fingerprint density at radius 1 is 1.20 bits per heavy atom. The maximum absolute atomic E-state index is 12.2. The summed E-state index contributed by atoms with van der Waals surface area (Å²) >= 11 is 0. The summed E-state index contributed by atoms with van der Waals surface area (Å²) in [5.41, 5.74) is -0.542. The van der Waals surface area contributed by atoms with Crippen LogP contribution in [0.2, 0.25) is 0 Å². The molecule has 0 spiro atoms. The Labute approximate surface area is 120 Å². The first-order valence-electron chi connectivity index (χ1n) is 7.24. The van der Waals surface area contributed by atoms with Crippen LogP contribution in [0.15, 0.2) is 0 Å². The molecule has 1 N–H and O–H groups in total. The molecule has 2 rings (SSSR count). The van der Waals surface area contributed by atoms with Gasteiger partial charge in [0.15, 0.2) is 0 Å². The van der Waals surface area contributed by atoms with Crippen molar-refractivity contribution in [3.8, 4) is 0 Å². The van der Waals surface area contributed by atoms with Gasteiger partial charge in [-0.05, 0) is 40.7 Å². The van der Waals surface area contributed by atoms with Crippen molar-refractivity contribution in [2.45, 2.75) is 51.3 Å². The molecule has 6 nitrogen and oxygen atoms in total. The number of ether oxygens (including phenoxy) is 1. The van der Waals surface area contributed by atoms with E-state index in [1.807, 2.05) is 4.90 Å². The molecule has 2 aliphatic rings. The van der Waals surface area contributed by atoms with Crippen molar-refractivity contribution in [2.75, 3.05) is 26.7 Å². The van der Waals surface area contributed by atoms with Crippen LogP contribution in [0, 0.1) is 0 Å². The molecule has 0 aromatic rings. The van der Waals surface area contributed by atoms with Gasteiger partial charge in [-0.1, -0.05) is 0 Å². The number of likely N-dealkylation sites (N-methyl/N-ethyl adjacent to an activating group) is 1. The number of fused-ring (bicyclic) bond motifs is 1. The minimum absolute atomic E-state index is 0.0151. The van der Waals surface area contributed by atoms with Crippen LogP contribution in [0.1, 0.15) is 33.6 Å². The van der Waals surface area contributed by atoms with Crippen LogP contribution >= 0.6 is 0 Å². The van der Waals surface area contributed by atoms with E-state index >= 15 is 0 Å². The Morgan fingerprint density at radius 3 is 2.50 bits per heavy atom. The van der Waals surface area contributed by atoms with Gasteiger partial charge in [0.2, 0.25) is 5.91 Å². The van der Waals surface area contributed by atoms with E-state index in [9.17, 15) is 9.59 Å². The lowest BCUT2D eigenvalue weighted by molar-refractivity contribution is -0.131. The van der Waals surface area contributed by atoms with Gasteiger partial charge >= 0.3 is 6.09 Å². The number of hydrogen-bond donors (Lipinski definition) is 1. The Hall–Kier alpha value is -1.30. The largest absolute Gasteiger partial charge is 0.444 e. The average Bonchev–Trinajstić information content (AvgIpc) is 2.87. The fourth-order valence-electron chi connectivity index (χ4n) is 3.07. The summed E-state index contributed by atoms with van der Waals surface area (Å²) < 4.78 is 5.13. The second kappa shape index (κ2) is 5.60. The zero-order chi connectivity index (χ0) is 14.9. The Balaban J connectivity index is 1.80. The monoisotopic (exact) mass is 283 g/mol. The molecule has 2 atom stereocenters. The van der Waals surface area contributed by atoms with Crippen molar-refractivity contribution in [2.24, 2.45) is 0 Å². The summed E-state index contributed by atoms with van der Waals surface area (Å²) in [5.74, 6) is -0.0151. The van der Waals surface area contributed by atoms with Crippen LogP contribution in [0.25, 0.3) is 0 Å². The molecule has 2 heterocycles. The molecule has 0 saturated carbocycles. The van der Waals surface area contributed by atoms with Crippen molar-refractivity contribution < 1.29 is 14.3 Å². The first-order valence-corrected chi connectivity index (χ1v) is 7.24. The third kappa shape index (κ3) is 3.42. The molecule has 0 radical (unpaired) electrons. The molecular formula is C14H25N3O3. The minimum atomic E-state index is -0.542. The van der Waals surface area contributed by atoms with E-state index < -0.39 is 11.7 Å². The summed E-state index contributed by atoms with van der Waals surface area (Å²) in [7, 11) is 2.11. The maximum Gasteiger partial charge on any atom is 0.408 e. The van der Waals surface area contributed by atoms with Crippen LogP contribution in [-0.2, 0) is 9.53 Å². The van der Waals surface area contributed by atoms with E-state index in [4.69, 9.17) is 4.74 Å². The number of amides is 2. The predicted molar refractivity (Wildman–Crippen MR) is 75.4 cm³/mol. The van der Waals surface area contributed by atoms with E-state index in [0.717, 1.165) is 25.9 Å². The number of carbonyl (C=O) groups excluding carboxylic acids is 2. The SMILES string of the molecule is CN1CCC2C1CCN2C(=O)CNC(=O)OC(C)(C)C. The van der Waals surface area contributed by atoms with Gasteiger partial charge in [-0.2, -0.15) is 0 Å². The van der Waals surface area contributed by atoms with Gasteiger partial charge in [-0.15, -0.1) is 0 Å². The van der Waals surface area contributed by atoms with E-state index in [-0.39, 0.29) is 12.5 Å². The molecule has 6 heteroatoms. The highest BCUT2D eigenvalue weighted by molar-refractivity contribution is 5.83. The quantitative estimate of drug-likeness (QED) is 0.815. The fourth-order valence-corrected chi connectivity index (χ4v) is 3.07. The molecule has 0 aromatic heterocycles. The first kappa shape index (κ1) is 15.1. The van der Waals surface area contributed by atoms with E-state index in [1.165, 1.54) is 0 Å². The van der Waals surface area contributed by atoms with Gasteiger partial charge in [0.25, 0.3) is 0 Å². The van der Waals surface area contributed by atoms with Crippen molar-refractivity contribution in [1.82, 2.24) is 15.1 Å². The molecule has 0 aliphatic carbocycles. The van der Waals surface area contributed by atoms with Gasteiger partial charge in [0, 0.05) is 25.2 Å². The molecule has 0 aromatic carbocycles. The van der Waals surface area contributed by atoms with E-state index in [2.05, 4.69) is 17.3 Å². The second-order valence-electron chi connectivity index (χ2n) is 6.64. The lowest BCUT2D eigenvalue weighted by Gasteiger charge is -2.25. The van der Waals surface area contributed by atoms with Crippen molar-refractivity contribution in [3.05, 3.63) is 0 Å². The predicted octanol–water partition coefficient (Wildman–Crippen LogP) is 0.816. The third-order valence-electron chi connectivity index (χ3n) is 3.96. The maximum atomic E-state index is 12.2. The van der Waals surface area contributed by atoms with Crippen molar-refractivity contribution in [1.29, 1.82) is 0 Å².